The molecular weight excluding hydrogens is 268 g/mol. The molecule has 0 aromatic heterocycles. The molecule has 3 N–H and O–H groups in total. The van der Waals surface area contributed by atoms with E-state index >= 15 is 0 Å². The van der Waals surface area contributed by atoms with E-state index < -0.39 is 11.8 Å². The summed E-state index contributed by atoms with van der Waals surface area (Å²) in [4.78, 5) is 24.7. The molecule has 0 radical (unpaired) electrons. The highest BCUT2D eigenvalue weighted by atomic mass is 16.3. The number of aryl methyl sites for hydroxylation is 1. The molecule has 21 heavy (non-hydrogen) atoms. The van der Waals surface area contributed by atoms with Crippen LogP contribution in [-0.2, 0) is 16.0 Å². The van der Waals surface area contributed by atoms with E-state index in [4.69, 9.17) is 5.73 Å². The van der Waals surface area contributed by atoms with E-state index in [1.165, 1.54) is 6.07 Å². The molecule has 0 saturated heterocycles. The zero-order valence-electron chi connectivity index (χ0n) is 11.6. The number of nitrogens with zero attached hydrogens (tertiary/aromatic N) is 1. The van der Waals surface area contributed by atoms with Gasteiger partial charge in [-0.25, -0.2) is 0 Å². The minimum atomic E-state index is -1.08. The third kappa shape index (κ3) is 2.86. The maximum atomic E-state index is 12.2. The van der Waals surface area contributed by atoms with Crippen molar-refractivity contribution >= 4 is 23.2 Å². The monoisotopic (exact) mass is 284 g/mol. The Balaban J connectivity index is 2.65. The van der Waals surface area contributed by atoms with Crippen molar-refractivity contribution in [3.63, 3.8) is 0 Å². The molecule has 0 bridgehead atoms. The summed E-state index contributed by atoms with van der Waals surface area (Å²) >= 11 is 0. The van der Waals surface area contributed by atoms with Crippen molar-refractivity contribution in [2.45, 2.75) is 13.3 Å². The molecule has 0 saturated carbocycles. The van der Waals surface area contributed by atoms with Crippen LogP contribution in [0.4, 0.5) is 11.4 Å². The molecule has 108 valence electrons. The molecule has 0 aliphatic heterocycles. The molecule has 2 aromatic carbocycles. The van der Waals surface area contributed by atoms with Gasteiger partial charge in [0, 0.05) is 0 Å². The first-order chi connectivity index (χ1) is 10.1. The second kappa shape index (κ2) is 6.09. The highest BCUT2D eigenvalue weighted by Gasteiger charge is 2.26. The van der Waals surface area contributed by atoms with Crippen LogP contribution in [0.3, 0.4) is 0 Å². The van der Waals surface area contributed by atoms with E-state index in [0.29, 0.717) is 12.1 Å². The highest BCUT2D eigenvalue weighted by Crippen LogP contribution is 2.34. The smallest absolute Gasteiger partial charge is 0.320 e. The number of phenols is 1. The summed E-state index contributed by atoms with van der Waals surface area (Å²) in [5, 5.41) is 9.99. The molecule has 0 fully saturated rings. The Kier molecular flexibility index (Phi) is 4.23. The molecule has 0 aliphatic rings. The largest absolute Gasteiger partial charge is 0.506 e. The lowest BCUT2D eigenvalue weighted by molar-refractivity contribution is -0.135. The summed E-state index contributed by atoms with van der Waals surface area (Å²) in [6, 6.07) is 13.5. The summed E-state index contributed by atoms with van der Waals surface area (Å²) in [5.74, 6) is -2.07. The SMILES string of the molecule is CCc1ccccc1N(C(=O)C(N)=O)c1ccccc1O. The normalized spacial score (nSPS) is 10.1. The predicted octanol–water partition coefficient (Wildman–Crippen LogP) is 2.10. The number of phenolic OH excluding ortho intramolecular Hbond substituents is 1. The fourth-order valence-electron chi connectivity index (χ4n) is 2.14. The quantitative estimate of drug-likeness (QED) is 0.847. The van der Waals surface area contributed by atoms with E-state index in [-0.39, 0.29) is 11.4 Å². The van der Waals surface area contributed by atoms with Crippen LogP contribution in [-0.4, -0.2) is 16.9 Å². The summed E-state index contributed by atoms with van der Waals surface area (Å²) in [7, 11) is 0. The number of amides is 2. The van der Waals surface area contributed by atoms with Gasteiger partial charge in [-0.15, -0.1) is 0 Å². The minimum Gasteiger partial charge on any atom is -0.506 e. The number of anilines is 2. The first kappa shape index (κ1) is 14.6. The Hall–Kier alpha value is -2.82. The van der Waals surface area contributed by atoms with Gasteiger partial charge in [-0.2, -0.15) is 0 Å². The standard InChI is InChI=1S/C16H16N2O3/c1-2-11-7-3-4-8-12(11)18(16(21)15(17)20)13-9-5-6-10-14(13)19/h3-10,19H,2H2,1H3,(H2,17,20). The Morgan fingerprint density at radius 3 is 2.19 bits per heavy atom. The molecule has 2 aromatic rings. The van der Waals surface area contributed by atoms with Gasteiger partial charge >= 0.3 is 11.8 Å². The van der Waals surface area contributed by atoms with Gasteiger partial charge in [-0.1, -0.05) is 37.3 Å². The van der Waals surface area contributed by atoms with E-state index in [9.17, 15) is 14.7 Å². The molecule has 5 nitrogen and oxygen atoms in total. The van der Waals surface area contributed by atoms with E-state index in [1.54, 1.807) is 30.3 Å². The number of nitrogens with two attached hydrogens (primary N) is 1. The number of rotatable bonds is 3. The molecule has 0 spiro atoms. The number of hydrogen-bond donors (Lipinski definition) is 2. The highest BCUT2D eigenvalue weighted by molar-refractivity contribution is 6.41. The zero-order chi connectivity index (χ0) is 15.4. The van der Waals surface area contributed by atoms with Crippen LogP contribution in [0.1, 0.15) is 12.5 Å². The van der Waals surface area contributed by atoms with Gasteiger partial charge in [0.05, 0.1) is 11.4 Å². The number of primary amides is 1. The van der Waals surface area contributed by atoms with Crippen LogP contribution in [0.25, 0.3) is 0 Å². The van der Waals surface area contributed by atoms with Crippen LogP contribution < -0.4 is 10.6 Å². The summed E-state index contributed by atoms with van der Waals surface area (Å²) < 4.78 is 0. The average molecular weight is 284 g/mol. The molecule has 0 atom stereocenters. The van der Waals surface area contributed by atoms with Crippen molar-refractivity contribution in [2.24, 2.45) is 5.73 Å². The predicted molar refractivity (Wildman–Crippen MR) is 80.3 cm³/mol. The van der Waals surface area contributed by atoms with Crippen LogP contribution in [0.15, 0.2) is 48.5 Å². The van der Waals surface area contributed by atoms with Gasteiger partial charge in [0.1, 0.15) is 5.75 Å². The Labute approximate surface area is 122 Å². The maximum Gasteiger partial charge on any atom is 0.320 e. The number of hydrogen-bond acceptors (Lipinski definition) is 3. The minimum absolute atomic E-state index is 0.0991. The van der Waals surface area contributed by atoms with Crippen molar-refractivity contribution < 1.29 is 14.7 Å². The first-order valence-corrected chi connectivity index (χ1v) is 6.56. The first-order valence-electron chi connectivity index (χ1n) is 6.56. The number of carbonyl (C=O) groups is 2. The lowest BCUT2D eigenvalue weighted by Gasteiger charge is -2.24. The topological polar surface area (TPSA) is 83.6 Å². The van der Waals surface area contributed by atoms with Crippen molar-refractivity contribution in [3.8, 4) is 5.75 Å². The van der Waals surface area contributed by atoms with Gasteiger partial charge in [0.2, 0.25) is 0 Å². The van der Waals surface area contributed by atoms with E-state index in [0.717, 1.165) is 10.5 Å². The van der Waals surface area contributed by atoms with Crippen LogP contribution >= 0.6 is 0 Å². The molecule has 2 rings (SSSR count). The summed E-state index contributed by atoms with van der Waals surface area (Å²) in [6.07, 6.45) is 0.673. The fourth-order valence-corrected chi connectivity index (χ4v) is 2.14. The van der Waals surface area contributed by atoms with Crippen molar-refractivity contribution in [1.82, 2.24) is 0 Å². The lowest BCUT2D eigenvalue weighted by Crippen LogP contribution is -2.37. The Morgan fingerprint density at radius 1 is 1.05 bits per heavy atom. The van der Waals surface area contributed by atoms with Gasteiger partial charge in [0.25, 0.3) is 0 Å². The van der Waals surface area contributed by atoms with Crippen molar-refractivity contribution in [2.75, 3.05) is 4.90 Å². The Morgan fingerprint density at radius 2 is 1.62 bits per heavy atom. The number of benzene rings is 2. The fraction of sp³-hybridized carbons (Fsp3) is 0.125. The van der Waals surface area contributed by atoms with Gasteiger partial charge in [-0.05, 0) is 30.2 Å². The summed E-state index contributed by atoms with van der Waals surface area (Å²) in [5.41, 5.74) is 6.77. The third-order valence-electron chi connectivity index (χ3n) is 3.15. The molecule has 5 heteroatoms. The molecule has 0 unspecified atom stereocenters. The number of carbonyl (C=O) groups excluding carboxylic acids is 2. The Bertz CT molecular complexity index is 683. The molecule has 0 aliphatic carbocycles. The van der Waals surface area contributed by atoms with Gasteiger partial charge in [0.15, 0.2) is 0 Å². The van der Waals surface area contributed by atoms with Crippen molar-refractivity contribution in [1.29, 1.82) is 0 Å². The average Bonchev–Trinajstić information content (AvgIpc) is 2.49. The van der Waals surface area contributed by atoms with Crippen LogP contribution in [0.2, 0.25) is 0 Å². The molecular formula is C16H16N2O3. The van der Waals surface area contributed by atoms with Gasteiger partial charge < -0.3 is 10.8 Å². The maximum absolute atomic E-state index is 12.2. The second-order valence-electron chi connectivity index (χ2n) is 4.48. The zero-order valence-corrected chi connectivity index (χ0v) is 11.6. The van der Waals surface area contributed by atoms with Gasteiger partial charge in [-0.3, -0.25) is 14.5 Å². The molecule has 0 heterocycles. The van der Waals surface area contributed by atoms with E-state index in [1.807, 2.05) is 19.1 Å². The second-order valence-corrected chi connectivity index (χ2v) is 4.48. The van der Waals surface area contributed by atoms with Crippen LogP contribution in [0.5, 0.6) is 5.75 Å². The third-order valence-corrected chi connectivity index (χ3v) is 3.15. The van der Waals surface area contributed by atoms with Crippen LogP contribution in [0, 0.1) is 0 Å². The number of para-hydroxylation sites is 3. The molecule has 2 amide bonds. The lowest BCUT2D eigenvalue weighted by atomic mass is 10.1. The number of aromatic hydroxyl groups is 1. The van der Waals surface area contributed by atoms with Crippen molar-refractivity contribution in [3.05, 3.63) is 54.1 Å². The summed E-state index contributed by atoms with van der Waals surface area (Å²) in [6.45, 7) is 1.94. The van der Waals surface area contributed by atoms with E-state index in [2.05, 4.69) is 0 Å².